The molecule has 0 saturated carbocycles. The van der Waals surface area contributed by atoms with Crippen LogP contribution in [0.5, 0.6) is 0 Å². The molecular weight excluding hydrogens is 375 g/mol. The van der Waals surface area contributed by atoms with Crippen LogP contribution in [0.3, 0.4) is 0 Å². The van der Waals surface area contributed by atoms with Gasteiger partial charge in [0.25, 0.3) is 5.91 Å². The van der Waals surface area contributed by atoms with E-state index in [1.54, 1.807) is 4.68 Å². The predicted octanol–water partition coefficient (Wildman–Crippen LogP) is 1.41. The lowest BCUT2D eigenvalue weighted by Gasteiger charge is -2.03. The molecule has 0 aliphatic heterocycles. The van der Waals surface area contributed by atoms with Gasteiger partial charge >= 0.3 is 0 Å². The second-order valence-corrected chi connectivity index (χ2v) is 6.32. The smallest absolute Gasteiger partial charge is 0.291 e. The molecule has 0 aliphatic carbocycles. The Morgan fingerprint density at radius 2 is 2.03 bits per heavy atom. The van der Waals surface area contributed by atoms with E-state index in [1.165, 1.54) is 24.7 Å². The normalized spacial score (nSPS) is 11.1. The molecule has 3 aromatic heterocycles. The lowest BCUT2D eigenvalue weighted by atomic mass is 10.3. The third-order valence-electron chi connectivity index (χ3n) is 4.24. The Morgan fingerprint density at radius 3 is 2.90 bits per heavy atom. The van der Waals surface area contributed by atoms with E-state index in [2.05, 4.69) is 35.7 Å². The molecule has 148 valence electrons. The number of amides is 1. The molecule has 10 heteroatoms. The molecule has 0 spiro atoms. The zero-order valence-corrected chi connectivity index (χ0v) is 15.5. The van der Waals surface area contributed by atoms with Crippen LogP contribution in [0.4, 0.5) is 4.39 Å². The Bertz CT molecular complexity index is 1090. The van der Waals surface area contributed by atoms with Crippen LogP contribution >= 0.6 is 0 Å². The van der Waals surface area contributed by atoms with Gasteiger partial charge in [-0.05, 0) is 24.3 Å². The highest BCUT2D eigenvalue weighted by Gasteiger charge is 2.12. The maximum Gasteiger partial charge on any atom is 0.291 e. The predicted molar refractivity (Wildman–Crippen MR) is 103 cm³/mol. The fraction of sp³-hybridized carbons (Fsp3) is 0.211. The molecular formula is C19H19FN8O. The van der Waals surface area contributed by atoms with Crippen molar-refractivity contribution in [1.82, 2.24) is 40.3 Å². The van der Waals surface area contributed by atoms with E-state index < -0.39 is 11.7 Å². The van der Waals surface area contributed by atoms with Gasteiger partial charge in [0.15, 0.2) is 0 Å². The quantitative estimate of drug-likeness (QED) is 0.390. The molecule has 0 atom stereocenters. The highest BCUT2D eigenvalue weighted by molar-refractivity contribution is 5.90. The first-order chi connectivity index (χ1) is 14.2. The summed E-state index contributed by atoms with van der Waals surface area (Å²) in [5, 5.41) is 9.97. The van der Waals surface area contributed by atoms with Gasteiger partial charge in [-0.15, -0.1) is 5.10 Å². The fourth-order valence-electron chi connectivity index (χ4n) is 2.79. The summed E-state index contributed by atoms with van der Waals surface area (Å²) in [6.45, 7) is 1.72. The Hall–Kier alpha value is -3.66. The zero-order valence-electron chi connectivity index (χ0n) is 15.5. The number of pyridine rings is 1. The Labute approximate surface area is 165 Å². The summed E-state index contributed by atoms with van der Waals surface area (Å²) >= 11 is 0. The first-order valence-electron chi connectivity index (χ1n) is 9.10. The van der Waals surface area contributed by atoms with Crippen molar-refractivity contribution in [3.63, 3.8) is 0 Å². The summed E-state index contributed by atoms with van der Waals surface area (Å²) in [4.78, 5) is 27.7. The molecule has 9 nitrogen and oxygen atoms in total. The van der Waals surface area contributed by atoms with Crippen LogP contribution in [0.25, 0.3) is 11.0 Å². The van der Waals surface area contributed by atoms with E-state index in [0.717, 1.165) is 16.9 Å². The van der Waals surface area contributed by atoms with E-state index in [-0.39, 0.29) is 18.1 Å². The minimum absolute atomic E-state index is 0.0265. The monoisotopic (exact) mass is 394 g/mol. The lowest BCUT2D eigenvalue weighted by Crippen LogP contribution is -2.25. The number of nitrogens with zero attached hydrogens (tertiary/aromatic N) is 5. The molecule has 3 N–H and O–H groups in total. The summed E-state index contributed by atoms with van der Waals surface area (Å²) in [6, 6.07) is 10.6. The lowest BCUT2D eigenvalue weighted by molar-refractivity contribution is 0.0939. The number of fused-ring (bicyclic) bond motifs is 1. The van der Waals surface area contributed by atoms with Gasteiger partial charge < -0.3 is 15.6 Å². The van der Waals surface area contributed by atoms with Crippen molar-refractivity contribution in [3.05, 3.63) is 72.1 Å². The molecule has 4 rings (SSSR count). The number of hydrogen-bond donors (Lipinski definition) is 3. The number of aromatic amines is 1. The molecule has 0 radical (unpaired) electrons. The van der Waals surface area contributed by atoms with Crippen LogP contribution in [-0.2, 0) is 19.6 Å². The van der Waals surface area contributed by atoms with Gasteiger partial charge in [0.1, 0.15) is 18.0 Å². The van der Waals surface area contributed by atoms with Crippen molar-refractivity contribution in [3.8, 4) is 0 Å². The van der Waals surface area contributed by atoms with E-state index in [1.807, 2.05) is 24.3 Å². The van der Waals surface area contributed by atoms with Gasteiger partial charge in [0.05, 0.1) is 36.4 Å². The maximum atomic E-state index is 13.5. The number of H-pyrrole nitrogens is 1. The highest BCUT2D eigenvalue weighted by Crippen LogP contribution is 2.09. The third kappa shape index (κ3) is 4.61. The fourth-order valence-corrected chi connectivity index (χ4v) is 2.79. The number of benzene rings is 1. The van der Waals surface area contributed by atoms with E-state index in [9.17, 15) is 9.18 Å². The van der Waals surface area contributed by atoms with Crippen molar-refractivity contribution in [1.29, 1.82) is 0 Å². The summed E-state index contributed by atoms with van der Waals surface area (Å²) in [6.07, 6.45) is 2.95. The average Bonchev–Trinajstić information content (AvgIpc) is 3.37. The number of aromatic nitrogens is 6. The van der Waals surface area contributed by atoms with Crippen LogP contribution in [-0.4, -0.2) is 42.2 Å². The molecule has 0 unspecified atom stereocenters. The number of para-hydroxylation sites is 2. The van der Waals surface area contributed by atoms with E-state index in [4.69, 9.17) is 0 Å². The number of nitrogens with one attached hydrogen (secondary N) is 3. The number of carbonyl (C=O) groups excluding carboxylic acids is 1. The molecule has 3 heterocycles. The second kappa shape index (κ2) is 8.57. The van der Waals surface area contributed by atoms with Crippen LogP contribution in [0.2, 0.25) is 0 Å². The number of carbonyl (C=O) groups is 1. The summed E-state index contributed by atoms with van der Waals surface area (Å²) in [7, 11) is 0. The molecule has 4 aromatic rings. The number of rotatable bonds is 8. The Balaban J connectivity index is 1.23. The minimum Gasteiger partial charge on any atom is -0.343 e. The standard InChI is InChI=1S/C19H19FN8O/c20-13-4-3-7-22-16(13)10-23-19(29)18-24-12-28(27-18)9-8-21-11-17-25-14-5-1-2-6-15(14)26-17/h1-7,12,21H,8-11H2,(H,23,29)(H,25,26). The van der Waals surface area contributed by atoms with Crippen LogP contribution < -0.4 is 10.6 Å². The Morgan fingerprint density at radius 1 is 1.14 bits per heavy atom. The SMILES string of the molecule is O=C(NCc1ncccc1F)c1ncn(CCNCc2nc3ccccc3[nH]2)n1. The van der Waals surface area contributed by atoms with Gasteiger partial charge in [-0.3, -0.25) is 14.5 Å². The molecule has 0 bridgehead atoms. The molecule has 0 fully saturated rings. The van der Waals surface area contributed by atoms with Crippen LogP contribution in [0, 0.1) is 5.82 Å². The summed E-state index contributed by atoms with van der Waals surface area (Å²) in [5.74, 6) is -0.0731. The second-order valence-electron chi connectivity index (χ2n) is 6.32. The van der Waals surface area contributed by atoms with Crippen molar-refractivity contribution in [2.75, 3.05) is 6.54 Å². The van der Waals surface area contributed by atoms with Crippen molar-refractivity contribution in [2.24, 2.45) is 0 Å². The van der Waals surface area contributed by atoms with Crippen molar-refractivity contribution >= 4 is 16.9 Å². The van der Waals surface area contributed by atoms with Crippen LogP contribution in [0.1, 0.15) is 22.1 Å². The minimum atomic E-state index is -0.482. The number of hydrogen-bond acceptors (Lipinski definition) is 6. The maximum absolute atomic E-state index is 13.5. The summed E-state index contributed by atoms with van der Waals surface area (Å²) < 4.78 is 15.1. The average molecular weight is 394 g/mol. The number of halogens is 1. The van der Waals surface area contributed by atoms with Gasteiger partial charge in [0, 0.05) is 12.7 Å². The van der Waals surface area contributed by atoms with Gasteiger partial charge in [-0.1, -0.05) is 12.1 Å². The van der Waals surface area contributed by atoms with Gasteiger partial charge in [-0.2, -0.15) is 0 Å². The largest absolute Gasteiger partial charge is 0.343 e. The van der Waals surface area contributed by atoms with Gasteiger partial charge in [-0.25, -0.2) is 14.4 Å². The zero-order chi connectivity index (χ0) is 20.1. The molecule has 1 aromatic carbocycles. The van der Waals surface area contributed by atoms with Crippen molar-refractivity contribution in [2.45, 2.75) is 19.6 Å². The number of imidazole rings is 1. The van der Waals surface area contributed by atoms with E-state index >= 15 is 0 Å². The Kier molecular flexibility index (Phi) is 5.52. The summed E-state index contributed by atoms with van der Waals surface area (Å²) in [5.41, 5.74) is 2.10. The van der Waals surface area contributed by atoms with Crippen molar-refractivity contribution < 1.29 is 9.18 Å². The molecule has 0 aliphatic rings. The molecule has 0 saturated heterocycles. The molecule has 1 amide bonds. The van der Waals surface area contributed by atoms with E-state index in [0.29, 0.717) is 19.6 Å². The third-order valence-corrected chi connectivity index (χ3v) is 4.24. The topological polar surface area (TPSA) is 113 Å². The highest BCUT2D eigenvalue weighted by atomic mass is 19.1. The first kappa shape index (κ1) is 18.7. The first-order valence-corrected chi connectivity index (χ1v) is 9.10. The van der Waals surface area contributed by atoms with Crippen LogP contribution in [0.15, 0.2) is 48.9 Å². The van der Waals surface area contributed by atoms with Gasteiger partial charge in [0.2, 0.25) is 5.82 Å². The molecule has 29 heavy (non-hydrogen) atoms.